The maximum atomic E-state index is 15.5. The number of hydrogen-bond donors (Lipinski definition) is 2. The first-order valence-corrected chi connectivity index (χ1v) is 18.3. The molecule has 2 aromatic heterocycles. The highest BCUT2D eigenvalue weighted by Gasteiger charge is 2.57. The molecule has 14 heteroatoms. The van der Waals surface area contributed by atoms with E-state index >= 15 is 4.39 Å². The Bertz CT molecular complexity index is 2290. The Balaban J connectivity index is 0.987. The standard InChI is InChI=1S/C41H45FN6O7/c1-25(43-3)40(51)55-36-23-47(24-41(36)15-16-41)18-9-19-53-35-22-31-29(21-34(35)52-5)32(14-17-44-31)54-33-13-12-27(20-30(33)42)45-38(49)37-26(2)46(4)48(39(37)50)28-10-7-6-8-11-28/h6-8,10-14,17,20-22,25,36,43H,9,15-16,18-19,23-24H2,1-5H3,(H,45,49). The number of methoxy groups -OCH3 is 1. The molecular formula is C41H45FN6O7. The van der Waals surface area contributed by atoms with Gasteiger partial charge in [-0.1, -0.05) is 18.2 Å². The fraction of sp³-hybridized carbons (Fsp3) is 0.366. The topological polar surface area (TPSA) is 138 Å². The number of amides is 1. The van der Waals surface area contributed by atoms with Crippen molar-refractivity contribution in [1.82, 2.24) is 24.6 Å². The summed E-state index contributed by atoms with van der Waals surface area (Å²) < 4.78 is 42.2. The first-order valence-electron chi connectivity index (χ1n) is 18.3. The molecule has 1 spiro atoms. The molecule has 7 rings (SSSR count). The number of para-hydroxylation sites is 1. The van der Waals surface area contributed by atoms with E-state index in [9.17, 15) is 14.4 Å². The van der Waals surface area contributed by atoms with Gasteiger partial charge in [-0.2, -0.15) is 0 Å². The normalized spacial score (nSPS) is 16.6. The van der Waals surface area contributed by atoms with E-state index in [2.05, 4.69) is 20.5 Å². The Kier molecular flexibility index (Phi) is 10.6. The molecule has 3 aromatic carbocycles. The number of likely N-dealkylation sites (tertiary alicyclic amines) is 1. The molecule has 2 aliphatic rings. The minimum Gasteiger partial charge on any atom is -0.493 e. The van der Waals surface area contributed by atoms with E-state index in [0.29, 0.717) is 46.1 Å². The Hall–Kier alpha value is -5.73. The number of benzene rings is 3. The average molecular weight is 753 g/mol. The zero-order valence-corrected chi connectivity index (χ0v) is 31.6. The smallest absolute Gasteiger partial charge is 0.323 e. The second-order valence-electron chi connectivity index (χ2n) is 14.2. The van der Waals surface area contributed by atoms with Gasteiger partial charge in [-0.3, -0.25) is 28.9 Å². The van der Waals surface area contributed by atoms with Crippen molar-refractivity contribution in [2.45, 2.75) is 45.3 Å². The molecule has 1 amide bonds. The summed E-state index contributed by atoms with van der Waals surface area (Å²) in [7, 11) is 4.99. The lowest BCUT2D eigenvalue weighted by Crippen LogP contribution is -2.37. The number of halogens is 1. The molecular weight excluding hydrogens is 707 g/mol. The molecule has 1 aliphatic heterocycles. The maximum Gasteiger partial charge on any atom is 0.323 e. The van der Waals surface area contributed by atoms with Gasteiger partial charge in [-0.15, -0.1) is 0 Å². The van der Waals surface area contributed by atoms with Crippen LogP contribution in [0.5, 0.6) is 23.0 Å². The molecule has 1 saturated heterocycles. The number of esters is 1. The number of nitrogens with one attached hydrogen (secondary N) is 2. The highest BCUT2D eigenvalue weighted by molar-refractivity contribution is 6.05. The molecule has 3 heterocycles. The van der Waals surface area contributed by atoms with Gasteiger partial charge in [0.15, 0.2) is 23.1 Å². The third-order valence-electron chi connectivity index (χ3n) is 10.6. The second-order valence-corrected chi connectivity index (χ2v) is 14.2. The maximum absolute atomic E-state index is 15.5. The van der Waals surface area contributed by atoms with Gasteiger partial charge in [0.1, 0.15) is 23.5 Å². The van der Waals surface area contributed by atoms with E-state index in [1.165, 1.54) is 16.8 Å². The number of nitrogens with zero attached hydrogens (tertiary/aromatic N) is 4. The number of rotatable bonds is 14. The number of aromatic nitrogens is 3. The van der Waals surface area contributed by atoms with E-state index in [4.69, 9.17) is 18.9 Å². The SMILES string of the molecule is CNC(C)C(=O)OC1CN(CCCOc2cc3nccc(Oc4ccc(NC(=O)c5c(C)n(C)n(-c6ccccc6)c5=O)cc4F)c3cc2OC)CC12CC2. The lowest BCUT2D eigenvalue weighted by Gasteiger charge is -2.20. The first-order chi connectivity index (χ1) is 26.5. The van der Waals surface area contributed by atoms with Crippen molar-refractivity contribution in [3.63, 3.8) is 0 Å². The molecule has 288 valence electrons. The molecule has 2 unspecified atom stereocenters. The summed E-state index contributed by atoms with van der Waals surface area (Å²) in [6, 6.07) is 17.8. The van der Waals surface area contributed by atoms with Gasteiger partial charge in [-0.05, 0) is 76.6 Å². The molecule has 0 radical (unpaired) electrons. The zero-order valence-electron chi connectivity index (χ0n) is 31.6. The van der Waals surface area contributed by atoms with Gasteiger partial charge in [-0.25, -0.2) is 9.07 Å². The quantitative estimate of drug-likeness (QED) is 0.109. The third kappa shape index (κ3) is 7.64. The van der Waals surface area contributed by atoms with Crippen LogP contribution in [0.4, 0.5) is 10.1 Å². The van der Waals surface area contributed by atoms with Gasteiger partial charge in [0.25, 0.3) is 11.5 Å². The molecule has 55 heavy (non-hydrogen) atoms. The molecule has 5 aromatic rings. The minimum absolute atomic E-state index is 0.0429. The molecule has 1 saturated carbocycles. The van der Waals surface area contributed by atoms with Crippen LogP contribution in [0.3, 0.4) is 0 Å². The summed E-state index contributed by atoms with van der Waals surface area (Å²) in [5.74, 6) is -0.331. The van der Waals surface area contributed by atoms with Crippen LogP contribution in [0.2, 0.25) is 0 Å². The Labute approximate surface area is 317 Å². The molecule has 2 atom stereocenters. The van der Waals surface area contributed by atoms with Crippen LogP contribution in [-0.4, -0.2) is 83.7 Å². The van der Waals surface area contributed by atoms with E-state index in [-0.39, 0.29) is 40.5 Å². The van der Waals surface area contributed by atoms with Gasteiger partial charge < -0.3 is 29.6 Å². The number of pyridine rings is 1. The largest absolute Gasteiger partial charge is 0.493 e. The average Bonchev–Trinajstić information content (AvgIpc) is 3.83. The molecule has 1 aliphatic carbocycles. The summed E-state index contributed by atoms with van der Waals surface area (Å²) in [4.78, 5) is 45.8. The summed E-state index contributed by atoms with van der Waals surface area (Å²) >= 11 is 0. The van der Waals surface area contributed by atoms with Crippen molar-refractivity contribution in [2.75, 3.05) is 45.7 Å². The highest BCUT2D eigenvalue weighted by atomic mass is 19.1. The molecule has 0 bridgehead atoms. The van der Waals surface area contributed by atoms with Crippen LogP contribution in [0.25, 0.3) is 16.6 Å². The van der Waals surface area contributed by atoms with E-state index in [0.717, 1.165) is 45.0 Å². The fourth-order valence-electron chi connectivity index (χ4n) is 7.14. The zero-order chi connectivity index (χ0) is 38.9. The van der Waals surface area contributed by atoms with Crippen molar-refractivity contribution in [1.29, 1.82) is 0 Å². The predicted molar refractivity (Wildman–Crippen MR) is 205 cm³/mol. The van der Waals surface area contributed by atoms with Gasteiger partial charge in [0.05, 0.1) is 30.6 Å². The number of carbonyl (C=O) groups is 2. The number of carbonyl (C=O) groups excluding carboxylic acids is 2. The van der Waals surface area contributed by atoms with Crippen molar-refractivity contribution in [3.8, 4) is 28.7 Å². The monoisotopic (exact) mass is 752 g/mol. The van der Waals surface area contributed by atoms with Crippen LogP contribution in [-0.2, 0) is 16.6 Å². The third-order valence-corrected chi connectivity index (χ3v) is 10.6. The van der Waals surface area contributed by atoms with E-state index in [1.54, 1.807) is 88.4 Å². The van der Waals surface area contributed by atoms with Gasteiger partial charge in [0, 0.05) is 61.5 Å². The van der Waals surface area contributed by atoms with Gasteiger partial charge >= 0.3 is 5.97 Å². The van der Waals surface area contributed by atoms with Crippen molar-refractivity contribution < 1.29 is 32.9 Å². The number of anilines is 1. The Morgan fingerprint density at radius 3 is 2.53 bits per heavy atom. The summed E-state index contributed by atoms with van der Waals surface area (Å²) in [6.45, 7) is 6.35. The number of likely N-dealkylation sites (N-methyl/N-ethyl adjacent to an activating group) is 1. The number of fused-ring (bicyclic) bond motifs is 1. The van der Waals surface area contributed by atoms with E-state index in [1.807, 2.05) is 6.07 Å². The number of hydrogen-bond acceptors (Lipinski definition) is 10. The van der Waals surface area contributed by atoms with E-state index < -0.39 is 17.3 Å². The molecule has 2 N–H and O–H groups in total. The first kappa shape index (κ1) is 37.6. The molecule has 13 nitrogen and oxygen atoms in total. The van der Waals surface area contributed by atoms with Crippen molar-refractivity contribution in [2.24, 2.45) is 12.5 Å². The number of ether oxygens (including phenoxy) is 4. The lowest BCUT2D eigenvalue weighted by atomic mass is 10.0. The van der Waals surface area contributed by atoms with Crippen LogP contribution in [0.15, 0.2) is 77.7 Å². The van der Waals surface area contributed by atoms with Crippen LogP contribution < -0.4 is 30.4 Å². The summed E-state index contributed by atoms with van der Waals surface area (Å²) in [5.41, 5.74) is 1.35. The van der Waals surface area contributed by atoms with Crippen LogP contribution in [0.1, 0.15) is 42.2 Å². The minimum atomic E-state index is -0.719. The Morgan fingerprint density at radius 1 is 1.04 bits per heavy atom. The molecule has 2 fully saturated rings. The van der Waals surface area contributed by atoms with Crippen molar-refractivity contribution >= 4 is 28.5 Å². The fourth-order valence-corrected chi connectivity index (χ4v) is 7.14. The van der Waals surface area contributed by atoms with Crippen LogP contribution in [0, 0.1) is 18.2 Å². The van der Waals surface area contributed by atoms with Gasteiger partial charge in [0.2, 0.25) is 0 Å². The predicted octanol–water partition coefficient (Wildman–Crippen LogP) is 5.61. The highest BCUT2D eigenvalue weighted by Crippen LogP contribution is 2.54. The van der Waals surface area contributed by atoms with Crippen molar-refractivity contribution in [3.05, 3.63) is 100 Å². The Morgan fingerprint density at radius 2 is 1.82 bits per heavy atom. The second kappa shape index (κ2) is 15.6. The summed E-state index contributed by atoms with van der Waals surface area (Å²) in [5, 5.41) is 6.18. The lowest BCUT2D eigenvalue weighted by molar-refractivity contribution is -0.152. The van der Waals surface area contributed by atoms with Crippen LogP contribution >= 0.6 is 0 Å². The summed E-state index contributed by atoms with van der Waals surface area (Å²) in [6.07, 6.45) is 4.38.